The molecule has 88 valence electrons. The van der Waals surface area contributed by atoms with Gasteiger partial charge >= 0.3 is 5.97 Å². The second-order valence-electron chi connectivity index (χ2n) is 3.32. The maximum absolute atomic E-state index is 10.5. The van der Waals surface area contributed by atoms with Crippen LogP contribution in [0.3, 0.4) is 0 Å². The Kier molecular flexibility index (Phi) is 3.43. The van der Waals surface area contributed by atoms with E-state index in [1.54, 1.807) is 12.1 Å². The molecule has 0 saturated heterocycles. The molecule has 0 aliphatic rings. The number of nitrogens with zero attached hydrogens (tertiary/aromatic N) is 2. The van der Waals surface area contributed by atoms with E-state index in [0.717, 1.165) is 4.47 Å². The topological polar surface area (TPSA) is 64.3 Å². The fourth-order valence-electron chi connectivity index (χ4n) is 1.26. The summed E-state index contributed by atoms with van der Waals surface area (Å²) in [4.78, 5) is 10.5. The van der Waals surface area contributed by atoms with Gasteiger partial charge in [0.05, 0.1) is 12.4 Å². The number of hydrogen-bond acceptors (Lipinski definition) is 3. The average Bonchev–Trinajstić information content (AvgIpc) is 2.68. The van der Waals surface area contributed by atoms with Crippen LogP contribution < -0.4 is 4.74 Å². The molecule has 0 spiro atoms. The third kappa shape index (κ3) is 3.32. The molecule has 6 heteroatoms. The van der Waals surface area contributed by atoms with E-state index in [-0.39, 0.29) is 6.54 Å². The van der Waals surface area contributed by atoms with Gasteiger partial charge in [0, 0.05) is 4.47 Å². The summed E-state index contributed by atoms with van der Waals surface area (Å²) in [5.41, 5.74) is 0. The zero-order valence-electron chi connectivity index (χ0n) is 8.71. The van der Waals surface area contributed by atoms with Crippen LogP contribution in [0.15, 0.2) is 41.1 Å². The van der Waals surface area contributed by atoms with Gasteiger partial charge in [-0.05, 0) is 24.3 Å². The van der Waals surface area contributed by atoms with Crippen LogP contribution in [-0.2, 0) is 11.3 Å². The number of rotatable bonds is 4. The number of carboxylic acids is 1. The lowest BCUT2D eigenvalue weighted by Crippen LogP contribution is -2.08. The first-order valence-corrected chi connectivity index (χ1v) is 5.60. The predicted molar refractivity (Wildman–Crippen MR) is 64.1 cm³/mol. The van der Waals surface area contributed by atoms with Crippen molar-refractivity contribution in [3.8, 4) is 11.5 Å². The number of benzene rings is 1. The van der Waals surface area contributed by atoms with E-state index in [2.05, 4.69) is 21.0 Å². The Labute approximate surface area is 106 Å². The standard InChI is InChI=1S/C11H9BrN2O3/c12-8-1-3-9(4-2-8)17-10-5-13-14(6-10)7-11(15)16/h1-6H,7H2,(H,15,16). The normalized spacial score (nSPS) is 10.2. The fourth-order valence-corrected chi connectivity index (χ4v) is 1.53. The predicted octanol–water partition coefficient (Wildman–Crippen LogP) is 2.52. The molecule has 1 aromatic heterocycles. The number of halogens is 1. The SMILES string of the molecule is O=C(O)Cn1cc(Oc2ccc(Br)cc2)cn1. The van der Waals surface area contributed by atoms with Gasteiger partial charge in [-0.2, -0.15) is 5.10 Å². The molecule has 0 unspecified atom stereocenters. The first kappa shape index (κ1) is 11.7. The molecule has 0 saturated carbocycles. The van der Waals surface area contributed by atoms with Crippen LogP contribution in [0, 0.1) is 0 Å². The maximum Gasteiger partial charge on any atom is 0.325 e. The molecule has 0 bridgehead atoms. The third-order valence-corrected chi connectivity index (χ3v) is 2.48. The second kappa shape index (κ2) is 5.01. The first-order chi connectivity index (χ1) is 8.13. The van der Waals surface area contributed by atoms with Crippen molar-refractivity contribution in [1.29, 1.82) is 0 Å². The van der Waals surface area contributed by atoms with E-state index in [9.17, 15) is 4.79 Å². The number of aliphatic carboxylic acids is 1. The van der Waals surface area contributed by atoms with Crippen LogP contribution in [0.1, 0.15) is 0 Å². The number of carbonyl (C=O) groups is 1. The number of carboxylic acid groups (broad SMARTS) is 1. The zero-order valence-corrected chi connectivity index (χ0v) is 10.3. The van der Waals surface area contributed by atoms with Gasteiger partial charge in [-0.15, -0.1) is 0 Å². The number of aromatic nitrogens is 2. The molecule has 5 nitrogen and oxygen atoms in total. The van der Waals surface area contributed by atoms with Crippen molar-refractivity contribution in [3.63, 3.8) is 0 Å². The van der Waals surface area contributed by atoms with Gasteiger partial charge in [0.1, 0.15) is 12.3 Å². The summed E-state index contributed by atoms with van der Waals surface area (Å²) in [6.07, 6.45) is 3.02. The van der Waals surface area contributed by atoms with Crippen LogP contribution >= 0.6 is 15.9 Å². The van der Waals surface area contributed by atoms with Crippen LogP contribution in [0.4, 0.5) is 0 Å². The molecular formula is C11H9BrN2O3. The molecule has 2 aromatic rings. The molecule has 0 atom stereocenters. The lowest BCUT2D eigenvalue weighted by Gasteiger charge is -2.01. The molecule has 1 N–H and O–H groups in total. The molecule has 0 radical (unpaired) electrons. The largest absolute Gasteiger partial charge is 0.480 e. The Morgan fingerprint density at radius 3 is 2.71 bits per heavy atom. The van der Waals surface area contributed by atoms with Crippen molar-refractivity contribution in [2.45, 2.75) is 6.54 Å². The van der Waals surface area contributed by atoms with Crippen molar-refractivity contribution in [3.05, 3.63) is 41.1 Å². The smallest absolute Gasteiger partial charge is 0.325 e. The fraction of sp³-hybridized carbons (Fsp3) is 0.0909. The van der Waals surface area contributed by atoms with Crippen LogP contribution in [-0.4, -0.2) is 20.9 Å². The molecule has 0 aliphatic heterocycles. The Bertz CT molecular complexity index is 522. The highest BCUT2D eigenvalue weighted by atomic mass is 79.9. The van der Waals surface area contributed by atoms with E-state index in [0.29, 0.717) is 11.5 Å². The Balaban J connectivity index is 2.06. The Morgan fingerprint density at radius 2 is 2.06 bits per heavy atom. The van der Waals surface area contributed by atoms with Crippen molar-refractivity contribution < 1.29 is 14.6 Å². The van der Waals surface area contributed by atoms with Crippen LogP contribution in [0.25, 0.3) is 0 Å². The van der Waals surface area contributed by atoms with Gasteiger partial charge in [0.2, 0.25) is 0 Å². The summed E-state index contributed by atoms with van der Waals surface area (Å²) in [6, 6.07) is 7.32. The monoisotopic (exact) mass is 296 g/mol. The van der Waals surface area contributed by atoms with Crippen LogP contribution in [0.2, 0.25) is 0 Å². The molecule has 0 fully saturated rings. The van der Waals surface area contributed by atoms with Gasteiger partial charge in [0.15, 0.2) is 5.75 Å². The van der Waals surface area contributed by atoms with Gasteiger partial charge in [-0.25, -0.2) is 0 Å². The average molecular weight is 297 g/mol. The molecule has 1 aromatic carbocycles. The van der Waals surface area contributed by atoms with Crippen molar-refractivity contribution >= 4 is 21.9 Å². The molecule has 0 amide bonds. The van der Waals surface area contributed by atoms with E-state index >= 15 is 0 Å². The summed E-state index contributed by atoms with van der Waals surface area (Å²) in [7, 11) is 0. The lowest BCUT2D eigenvalue weighted by molar-refractivity contribution is -0.137. The Hall–Kier alpha value is -1.82. The minimum absolute atomic E-state index is 0.177. The van der Waals surface area contributed by atoms with E-state index in [1.807, 2.05) is 12.1 Å². The Morgan fingerprint density at radius 1 is 1.35 bits per heavy atom. The van der Waals surface area contributed by atoms with Crippen LogP contribution in [0.5, 0.6) is 11.5 Å². The highest BCUT2D eigenvalue weighted by Crippen LogP contribution is 2.22. The molecule has 0 aliphatic carbocycles. The molecular weight excluding hydrogens is 288 g/mol. The number of ether oxygens (including phenoxy) is 1. The quantitative estimate of drug-likeness (QED) is 0.941. The van der Waals surface area contributed by atoms with Gasteiger partial charge in [-0.1, -0.05) is 15.9 Å². The third-order valence-electron chi connectivity index (χ3n) is 1.96. The van der Waals surface area contributed by atoms with Gasteiger partial charge in [-0.3, -0.25) is 9.48 Å². The number of hydrogen-bond donors (Lipinski definition) is 1. The van der Waals surface area contributed by atoms with Crippen molar-refractivity contribution in [2.24, 2.45) is 0 Å². The molecule has 17 heavy (non-hydrogen) atoms. The summed E-state index contributed by atoms with van der Waals surface area (Å²) in [5.74, 6) is 0.236. The first-order valence-electron chi connectivity index (χ1n) is 4.81. The summed E-state index contributed by atoms with van der Waals surface area (Å²) in [5, 5.41) is 12.5. The summed E-state index contributed by atoms with van der Waals surface area (Å²) in [6.45, 7) is -0.177. The van der Waals surface area contributed by atoms with Crippen molar-refractivity contribution in [1.82, 2.24) is 9.78 Å². The summed E-state index contributed by atoms with van der Waals surface area (Å²) >= 11 is 3.32. The highest BCUT2D eigenvalue weighted by molar-refractivity contribution is 9.10. The van der Waals surface area contributed by atoms with E-state index < -0.39 is 5.97 Å². The molecule has 2 rings (SSSR count). The zero-order chi connectivity index (χ0) is 12.3. The van der Waals surface area contributed by atoms with Gasteiger partial charge in [0.25, 0.3) is 0 Å². The van der Waals surface area contributed by atoms with E-state index in [1.165, 1.54) is 17.1 Å². The minimum Gasteiger partial charge on any atom is -0.480 e. The van der Waals surface area contributed by atoms with Gasteiger partial charge < -0.3 is 9.84 Å². The highest BCUT2D eigenvalue weighted by Gasteiger charge is 2.04. The minimum atomic E-state index is -0.941. The van der Waals surface area contributed by atoms with E-state index in [4.69, 9.17) is 9.84 Å². The second-order valence-corrected chi connectivity index (χ2v) is 4.24. The van der Waals surface area contributed by atoms with Crippen molar-refractivity contribution in [2.75, 3.05) is 0 Å². The maximum atomic E-state index is 10.5. The molecule has 1 heterocycles. The lowest BCUT2D eigenvalue weighted by atomic mass is 10.3. The summed E-state index contributed by atoms with van der Waals surface area (Å²) < 4.78 is 7.76.